The lowest BCUT2D eigenvalue weighted by molar-refractivity contribution is -0.113. The van der Waals surface area contributed by atoms with E-state index in [1.165, 1.54) is 11.8 Å². The minimum absolute atomic E-state index is 0.112. The van der Waals surface area contributed by atoms with Crippen molar-refractivity contribution in [3.63, 3.8) is 0 Å². The summed E-state index contributed by atoms with van der Waals surface area (Å²) in [7, 11) is 1.81. The Kier molecular flexibility index (Phi) is 7.58. The molecule has 0 radical (unpaired) electrons. The van der Waals surface area contributed by atoms with E-state index in [2.05, 4.69) is 20.8 Å². The summed E-state index contributed by atoms with van der Waals surface area (Å²) in [5, 5.41) is 15.4. The first-order valence-electron chi connectivity index (χ1n) is 10.1. The van der Waals surface area contributed by atoms with Crippen LogP contribution in [0.15, 0.2) is 41.6 Å². The highest BCUT2D eigenvalue weighted by Crippen LogP contribution is 2.24. The van der Waals surface area contributed by atoms with E-state index in [-0.39, 0.29) is 23.6 Å². The first kappa shape index (κ1) is 23.8. The molecule has 2 N–H and O–H groups in total. The molecule has 3 aromatic rings. The van der Waals surface area contributed by atoms with Crippen LogP contribution in [0.3, 0.4) is 0 Å². The molecular formula is C23H26ClN5O2S. The second-order valence-corrected chi connectivity index (χ2v) is 9.09. The minimum Gasteiger partial charge on any atom is -0.342 e. The average Bonchev–Trinajstić information content (AvgIpc) is 3.10. The van der Waals surface area contributed by atoms with Crippen LogP contribution in [0.25, 0.3) is 0 Å². The highest BCUT2D eigenvalue weighted by molar-refractivity contribution is 7.99. The molecule has 0 aliphatic heterocycles. The largest absolute Gasteiger partial charge is 0.342 e. The van der Waals surface area contributed by atoms with Crippen LogP contribution in [0.2, 0.25) is 5.02 Å². The number of anilines is 1. The van der Waals surface area contributed by atoms with E-state index >= 15 is 0 Å². The Morgan fingerprint density at radius 1 is 1.09 bits per heavy atom. The molecule has 0 saturated carbocycles. The molecule has 0 spiro atoms. The second kappa shape index (κ2) is 10.2. The Balaban J connectivity index is 1.60. The van der Waals surface area contributed by atoms with Gasteiger partial charge in [-0.1, -0.05) is 41.1 Å². The van der Waals surface area contributed by atoms with Gasteiger partial charge in [0.15, 0.2) is 11.0 Å². The smallest absolute Gasteiger partial charge is 0.251 e. The summed E-state index contributed by atoms with van der Waals surface area (Å²) in [6, 6.07) is 10.4. The Morgan fingerprint density at radius 2 is 1.72 bits per heavy atom. The van der Waals surface area contributed by atoms with Crippen molar-refractivity contribution in [1.29, 1.82) is 0 Å². The molecule has 9 heteroatoms. The van der Waals surface area contributed by atoms with Crippen LogP contribution < -0.4 is 10.6 Å². The quantitative estimate of drug-likeness (QED) is 0.491. The number of nitrogens with zero attached hydrogens (tertiary/aromatic N) is 3. The lowest BCUT2D eigenvalue weighted by Crippen LogP contribution is -2.28. The fraction of sp³-hybridized carbons (Fsp3) is 0.304. The van der Waals surface area contributed by atoms with Crippen molar-refractivity contribution < 1.29 is 9.59 Å². The van der Waals surface area contributed by atoms with Crippen LogP contribution in [-0.4, -0.2) is 32.3 Å². The number of nitrogens with one attached hydrogen (secondary N) is 2. The van der Waals surface area contributed by atoms with Gasteiger partial charge in [0.1, 0.15) is 0 Å². The maximum Gasteiger partial charge on any atom is 0.251 e. The van der Waals surface area contributed by atoms with Crippen molar-refractivity contribution in [3.05, 3.63) is 69.5 Å². The molecule has 7 nitrogen and oxygen atoms in total. The third-order valence-corrected chi connectivity index (χ3v) is 6.26. The maximum absolute atomic E-state index is 12.5. The first-order chi connectivity index (χ1) is 15.2. The second-order valence-electron chi connectivity index (χ2n) is 7.71. The van der Waals surface area contributed by atoms with E-state index in [9.17, 15) is 9.59 Å². The Labute approximate surface area is 197 Å². The van der Waals surface area contributed by atoms with Crippen LogP contribution in [-0.2, 0) is 11.8 Å². The van der Waals surface area contributed by atoms with Crippen molar-refractivity contribution >= 4 is 40.9 Å². The van der Waals surface area contributed by atoms with Gasteiger partial charge in [-0.25, -0.2) is 0 Å². The number of hydrogen-bond donors (Lipinski definition) is 2. The number of benzene rings is 2. The predicted octanol–water partition coefficient (Wildman–Crippen LogP) is 4.62. The zero-order valence-electron chi connectivity index (χ0n) is 18.7. The molecule has 0 aliphatic rings. The van der Waals surface area contributed by atoms with Gasteiger partial charge in [-0.2, -0.15) is 0 Å². The summed E-state index contributed by atoms with van der Waals surface area (Å²) < 4.78 is 1.78. The van der Waals surface area contributed by atoms with Crippen molar-refractivity contribution in [3.8, 4) is 0 Å². The third-order valence-electron chi connectivity index (χ3n) is 4.98. The fourth-order valence-electron chi connectivity index (χ4n) is 3.46. The standard InChI is InChI=1S/C23H26ClN5O2S/c1-13-10-14(2)20(15(3)11-13)26-19(30)12-32-23-28-27-21(29(23)5)16(4)25-22(31)17-6-8-18(24)9-7-17/h6-11,16H,12H2,1-5H3,(H,25,31)(H,26,30)/t16-/m0/s1. The highest BCUT2D eigenvalue weighted by Gasteiger charge is 2.19. The number of aromatic nitrogens is 3. The summed E-state index contributed by atoms with van der Waals surface area (Å²) in [6.45, 7) is 7.84. The Hall–Kier alpha value is -2.84. The van der Waals surface area contributed by atoms with Gasteiger partial charge in [0.05, 0.1) is 11.8 Å². The summed E-state index contributed by atoms with van der Waals surface area (Å²) in [5.41, 5.74) is 4.59. The van der Waals surface area contributed by atoms with Crippen molar-refractivity contribution in [2.24, 2.45) is 7.05 Å². The van der Waals surface area contributed by atoms with Gasteiger partial charge in [0.25, 0.3) is 5.91 Å². The molecule has 1 heterocycles. The molecule has 0 saturated heterocycles. The van der Waals surface area contributed by atoms with E-state index in [1.54, 1.807) is 28.8 Å². The van der Waals surface area contributed by atoms with Gasteiger partial charge in [0.2, 0.25) is 5.91 Å². The van der Waals surface area contributed by atoms with Crippen LogP contribution >= 0.6 is 23.4 Å². The SMILES string of the molecule is Cc1cc(C)c(NC(=O)CSc2nnc([C@H](C)NC(=O)c3ccc(Cl)cc3)n2C)c(C)c1. The molecule has 0 bridgehead atoms. The number of carbonyl (C=O) groups excluding carboxylic acids is 2. The Bertz CT molecular complexity index is 1120. The van der Waals surface area contributed by atoms with Gasteiger partial charge in [-0.3, -0.25) is 9.59 Å². The third kappa shape index (κ3) is 5.69. The fourth-order valence-corrected chi connectivity index (χ4v) is 4.30. The average molecular weight is 472 g/mol. The molecule has 0 aliphatic carbocycles. The van der Waals surface area contributed by atoms with Gasteiger partial charge in [-0.05, 0) is 63.1 Å². The minimum atomic E-state index is -0.364. The summed E-state index contributed by atoms with van der Waals surface area (Å²) in [4.78, 5) is 25.0. The molecule has 3 rings (SSSR count). The summed E-state index contributed by atoms with van der Waals surface area (Å²) in [6.07, 6.45) is 0. The number of halogens is 1. The van der Waals surface area contributed by atoms with Gasteiger partial charge >= 0.3 is 0 Å². The molecule has 1 atom stereocenters. The van der Waals surface area contributed by atoms with Crippen LogP contribution in [0.4, 0.5) is 5.69 Å². The molecule has 2 aromatic carbocycles. The van der Waals surface area contributed by atoms with Gasteiger partial charge in [0, 0.05) is 23.3 Å². The zero-order valence-corrected chi connectivity index (χ0v) is 20.3. The van der Waals surface area contributed by atoms with E-state index in [0.717, 1.165) is 22.4 Å². The number of amides is 2. The van der Waals surface area contributed by atoms with Gasteiger partial charge in [-0.15, -0.1) is 10.2 Å². The number of rotatable bonds is 7. The van der Waals surface area contributed by atoms with E-state index in [0.29, 0.717) is 21.6 Å². The predicted molar refractivity (Wildman–Crippen MR) is 128 cm³/mol. The lowest BCUT2D eigenvalue weighted by atomic mass is 10.1. The normalized spacial score (nSPS) is 11.8. The number of carbonyl (C=O) groups is 2. The van der Waals surface area contributed by atoms with Crippen LogP contribution in [0, 0.1) is 20.8 Å². The topological polar surface area (TPSA) is 88.9 Å². The van der Waals surface area contributed by atoms with Crippen LogP contribution in [0.1, 0.15) is 45.8 Å². The molecule has 2 amide bonds. The Morgan fingerprint density at radius 3 is 2.34 bits per heavy atom. The van der Waals surface area contributed by atoms with E-state index < -0.39 is 0 Å². The zero-order chi connectivity index (χ0) is 23.4. The van der Waals surface area contributed by atoms with Crippen molar-refractivity contribution in [2.75, 3.05) is 11.1 Å². The molecule has 32 heavy (non-hydrogen) atoms. The maximum atomic E-state index is 12.5. The molecule has 168 valence electrons. The number of hydrogen-bond acceptors (Lipinski definition) is 5. The highest BCUT2D eigenvalue weighted by atomic mass is 35.5. The molecule has 0 fully saturated rings. The number of thioether (sulfide) groups is 1. The van der Waals surface area contributed by atoms with Crippen LogP contribution in [0.5, 0.6) is 0 Å². The van der Waals surface area contributed by atoms with Crippen molar-refractivity contribution in [1.82, 2.24) is 20.1 Å². The molecule has 1 aromatic heterocycles. The lowest BCUT2D eigenvalue weighted by Gasteiger charge is -2.14. The van der Waals surface area contributed by atoms with E-state index in [1.807, 2.05) is 46.9 Å². The van der Waals surface area contributed by atoms with Gasteiger partial charge < -0.3 is 15.2 Å². The summed E-state index contributed by atoms with van der Waals surface area (Å²) in [5.74, 6) is 0.457. The van der Waals surface area contributed by atoms with E-state index in [4.69, 9.17) is 11.6 Å². The monoisotopic (exact) mass is 471 g/mol. The molecular weight excluding hydrogens is 446 g/mol. The summed E-state index contributed by atoms with van der Waals surface area (Å²) >= 11 is 7.17. The number of aryl methyl sites for hydroxylation is 3. The molecule has 0 unspecified atom stereocenters. The first-order valence-corrected chi connectivity index (χ1v) is 11.5. The van der Waals surface area contributed by atoms with Crippen molar-refractivity contribution in [2.45, 2.75) is 38.9 Å².